The van der Waals surface area contributed by atoms with E-state index >= 15 is 0 Å². The summed E-state index contributed by atoms with van der Waals surface area (Å²) in [6.45, 7) is 3.24. The fraction of sp³-hybridized carbons (Fsp3) is 0.333. The Balaban J connectivity index is 1.33. The number of nitrogens with zero attached hydrogens (tertiary/aromatic N) is 4. The van der Waals surface area contributed by atoms with E-state index in [1.54, 1.807) is 33.9 Å². The van der Waals surface area contributed by atoms with Gasteiger partial charge in [0.1, 0.15) is 9.77 Å². The maximum absolute atomic E-state index is 13.4. The number of rotatable bonds is 4. The lowest BCUT2D eigenvalue weighted by molar-refractivity contribution is 0.0748. The fourth-order valence-electron chi connectivity index (χ4n) is 4.09. The molecule has 10 heteroatoms. The lowest BCUT2D eigenvalue weighted by Crippen LogP contribution is -2.49. The number of aromatic nitrogens is 1. The van der Waals surface area contributed by atoms with Crippen molar-refractivity contribution in [2.45, 2.75) is 17.9 Å². The molecule has 0 spiro atoms. The normalized spacial score (nSPS) is 17.5. The van der Waals surface area contributed by atoms with Crippen LogP contribution in [0.2, 0.25) is 0 Å². The first kappa shape index (κ1) is 20.6. The molecule has 1 aromatic carbocycles. The summed E-state index contributed by atoms with van der Waals surface area (Å²) in [6.07, 6.45) is 2.46. The van der Waals surface area contributed by atoms with E-state index in [-0.39, 0.29) is 10.8 Å². The predicted octanol–water partition coefficient (Wildman–Crippen LogP) is 2.91. The van der Waals surface area contributed by atoms with E-state index in [0.29, 0.717) is 50.6 Å². The molecule has 0 atom stereocenters. The third kappa shape index (κ3) is 3.89. The van der Waals surface area contributed by atoms with E-state index in [4.69, 9.17) is 0 Å². The molecular formula is C21H22N4O3S3. The number of hydrogen-bond acceptors (Lipinski definition) is 7. The number of carbonyl (C=O) groups excluding carboxylic acids is 1. The van der Waals surface area contributed by atoms with Crippen LogP contribution in [0.1, 0.15) is 20.8 Å². The van der Waals surface area contributed by atoms with Crippen molar-refractivity contribution in [3.8, 4) is 0 Å². The molecule has 0 aliphatic carbocycles. The van der Waals surface area contributed by atoms with E-state index in [1.807, 2.05) is 29.6 Å². The molecule has 2 aromatic heterocycles. The molecular weight excluding hydrogens is 452 g/mol. The Morgan fingerprint density at radius 3 is 2.45 bits per heavy atom. The highest BCUT2D eigenvalue weighted by atomic mass is 32.2. The third-order valence-corrected chi connectivity index (χ3v) is 9.54. The molecule has 0 bridgehead atoms. The Morgan fingerprint density at radius 2 is 1.71 bits per heavy atom. The number of benzene rings is 1. The molecule has 5 rings (SSSR count). The zero-order chi connectivity index (χ0) is 21.4. The molecule has 0 unspecified atom stereocenters. The summed E-state index contributed by atoms with van der Waals surface area (Å²) in [7, 11) is -3.74. The summed E-state index contributed by atoms with van der Waals surface area (Å²) >= 11 is 2.79. The maximum Gasteiger partial charge on any atom is 0.265 e. The van der Waals surface area contributed by atoms with Gasteiger partial charge in [0.15, 0.2) is 5.13 Å². The van der Waals surface area contributed by atoms with Crippen molar-refractivity contribution in [2.24, 2.45) is 0 Å². The molecule has 7 nitrogen and oxygen atoms in total. The highest BCUT2D eigenvalue weighted by molar-refractivity contribution is 7.89. The minimum absolute atomic E-state index is 0.129. The van der Waals surface area contributed by atoms with Crippen molar-refractivity contribution < 1.29 is 13.2 Å². The second-order valence-corrected chi connectivity index (χ2v) is 11.3. The topological polar surface area (TPSA) is 73.8 Å². The molecule has 1 fully saturated rings. The molecule has 1 amide bonds. The number of sulfonamides is 1. The second kappa shape index (κ2) is 8.34. The Labute approximate surface area is 189 Å². The number of amides is 1. The molecule has 0 saturated carbocycles. The predicted molar refractivity (Wildman–Crippen MR) is 122 cm³/mol. The molecule has 31 heavy (non-hydrogen) atoms. The number of anilines is 1. The lowest BCUT2D eigenvalue weighted by atomic mass is 10.0. The van der Waals surface area contributed by atoms with Crippen molar-refractivity contribution in [2.75, 3.05) is 37.6 Å². The second-order valence-electron chi connectivity index (χ2n) is 7.57. The fourth-order valence-corrected chi connectivity index (χ4v) is 7.57. The SMILES string of the molecule is O=C(c1sccc1S(=O)(=O)N1CCc2ccccc2C1)N1CCN(c2nccs2)CC1. The third-order valence-electron chi connectivity index (χ3n) is 5.79. The Bertz CT molecular complexity index is 1180. The Hall–Kier alpha value is -2.27. The number of thiophene rings is 1. The molecule has 2 aliphatic rings. The van der Waals surface area contributed by atoms with Gasteiger partial charge in [0.05, 0.1) is 0 Å². The molecule has 4 heterocycles. The van der Waals surface area contributed by atoms with Gasteiger partial charge in [0, 0.05) is 50.8 Å². The summed E-state index contributed by atoms with van der Waals surface area (Å²) in [6, 6.07) is 9.50. The first-order chi connectivity index (χ1) is 15.0. The van der Waals surface area contributed by atoms with Crippen LogP contribution in [0.4, 0.5) is 5.13 Å². The number of hydrogen-bond donors (Lipinski definition) is 0. The van der Waals surface area contributed by atoms with Crippen LogP contribution in [0.3, 0.4) is 0 Å². The van der Waals surface area contributed by atoms with Gasteiger partial charge in [-0.2, -0.15) is 4.31 Å². The van der Waals surface area contributed by atoms with Crippen LogP contribution < -0.4 is 4.90 Å². The van der Waals surface area contributed by atoms with Gasteiger partial charge in [-0.3, -0.25) is 4.79 Å². The largest absolute Gasteiger partial charge is 0.345 e. The van der Waals surface area contributed by atoms with E-state index < -0.39 is 10.0 Å². The monoisotopic (exact) mass is 474 g/mol. The minimum Gasteiger partial charge on any atom is -0.345 e. The highest BCUT2D eigenvalue weighted by Crippen LogP contribution is 2.30. The summed E-state index contributed by atoms with van der Waals surface area (Å²) in [5, 5.41) is 4.59. The molecule has 0 radical (unpaired) electrons. The van der Waals surface area contributed by atoms with Crippen LogP contribution in [0.5, 0.6) is 0 Å². The van der Waals surface area contributed by atoms with Crippen molar-refractivity contribution in [3.05, 3.63) is 63.3 Å². The van der Waals surface area contributed by atoms with Crippen LogP contribution in [0, 0.1) is 0 Å². The summed E-state index contributed by atoms with van der Waals surface area (Å²) < 4.78 is 28.3. The van der Waals surface area contributed by atoms with Gasteiger partial charge in [-0.05, 0) is 29.0 Å². The van der Waals surface area contributed by atoms with Crippen molar-refractivity contribution >= 4 is 43.7 Å². The molecule has 1 saturated heterocycles. The average Bonchev–Trinajstić information content (AvgIpc) is 3.51. The van der Waals surface area contributed by atoms with Gasteiger partial charge in [-0.25, -0.2) is 13.4 Å². The standard InChI is InChI=1S/C21H22N4O3S3/c26-20(23-9-11-24(12-10-23)21-22-7-14-30-21)19-18(6-13-29-19)31(27,28)25-8-5-16-3-1-2-4-17(16)15-25/h1-4,6-7,13-14H,5,8-12,15H2. The van der Waals surface area contributed by atoms with E-state index in [2.05, 4.69) is 9.88 Å². The number of thiazole rings is 1. The zero-order valence-electron chi connectivity index (χ0n) is 16.8. The van der Waals surface area contributed by atoms with Crippen LogP contribution in [0.25, 0.3) is 0 Å². The summed E-state index contributed by atoms with van der Waals surface area (Å²) in [4.78, 5) is 21.9. The van der Waals surface area contributed by atoms with Crippen LogP contribution in [-0.4, -0.2) is 61.2 Å². The quantitative estimate of drug-likeness (QED) is 0.581. The first-order valence-corrected chi connectivity index (χ1v) is 13.3. The Kier molecular flexibility index (Phi) is 5.55. The Morgan fingerprint density at radius 1 is 0.935 bits per heavy atom. The van der Waals surface area contributed by atoms with Gasteiger partial charge in [0.25, 0.3) is 5.91 Å². The van der Waals surface area contributed by atoms with Gasteiger partial charge in [-0.15, -0.1) is 22.7 Å². The molecule has 3 aromatic rings. The van der Waals surface area contributed by atoms with Gasteiger partial charge < -0.3 is 9.80 Å². The molecule has 162 valence electrons. The number of piperazine rings is 1. The average molecular weight is 475 g/mol. The molecule has 2 aliphatic heterocycles. The maximum atomic E-state index is 13.4. The van der Waals surface area contributed by atoms with Gasteiger partial charge in [-0.1, -0.05) is 24.3 Å². The van der Waals surface area contributed by atoms with Crippen LogP contribution in [0.15, 0.2) is 52.2 Å². The summed E-state index contributed by atoms with van der Waals surface area (Å²) in [5.41, 5.74) is 2.22. The van der Waals surface area contributed by atoms with E-state index in [9.17, 15) is 13.2 Å². The van der Waals surface area contributed by atoms with Gasteiger partial charge in [0.2, 0.25) is 10.0 Å². The van der Waals surface area contributed by atoms with Crippen molar-refractivity contribution in [1.82, 2.24) is 14.2 Å². The van der Waals surface area contributed by atoms with E-state index in [0.717, 1.165) is 10.7 Å². The van der Waals surface area contributed by atoms with Crippen LogP contribution in [-0.2, 0) is 23.0 Å². The number of fused-ring (bicyclic) bond motifs is 1. The van der Waals surface area contributed by atoms with E-state index in [1.165, 1.54) is 21.2 Å². The number of carbonyl (C=O) groups is 1. The smallest absolute Gasteiger partial charge is 0.265 e. The van der Waals surface area contributed by atoms with Crippen LogP contribution >= 0.6 is 22.7 Å². The van der Waals surface area contributed by atoms with Crippen molar-refractivity contribution in [3.63, 3.8) is 0 Å². The summed E-state index contributed by atoms with van der Waals surface area (Å²) in [5.74, 6) is -0.204. The van der Waals surface area contributed by atoms with Gasteiger partial charge >= 0.3 is 0 Å². The molecule has 0 N–H and O–H groups in total. The highest BCUT2D eigenvalue weighted by Gasteiger charge is 2.34. The zero-order valence-corrected chi connectivity index (χ0v) is 19.3. The lowest BCUT2D eigenvalue weighted by Gasteiger charge is -2.34. The first-order valence-electron chi connectivity index (χ1n) is 10.1. The van der Waals surface area contributed by atoms with Crippen molar-refractivity contribution in [1.29, 1.82) is 0 Å². The minimum atomic E-state index is -3.74.